The maximum absolute atomic E-state index is 13.0. The molecule has 0 heterocycles. The Morgan fingerprint density at radius 2 is 0.750 bits per heavy atom. The monoisotopic (exact) mass is 1040 g/mol. The molecule has 1 amide bonds. The number of phosphoric ester groups is 1. The van der Waals surface area contributed by atoms with Crippen LogP contribution < -0.4 is 10.2 Å². The SMILES string of the molecule is CCCCCCCCCCCCCCCCCCCCCCCCCC/C=C/C(O)C(COP(=O)([O-])OCC[N+](C)(C)C)NC(=O)CCCCCCCCCCCCCCCCCCCCCCCCCC. The van der Waals surface area contributed by atoms with Crippen LogP contribution >= 0.6 is 7.82 Å². The van der Waals surface area contributed by atoms with Gasteiger partial charge in [0, 0.05) is 6.42 Å². The maximum Gasteiger partial charge on any atom is 0.268 e. The lowest BCUT2D eigenvalue weighted by atomic mass is 10.0. The largest absolute Gasteiger partial charge is 0.756 e. The number of likely N-dealkylation sites (N-methyl/N-ethyl adjacent to an activating group) is 1. The molecule has 3 unspecified atom stereocenters. The van der Waals surface area contributed by atoms with E-state index in [1.807, 2.05) is 27.2 Å². The Hall–Kier alpha value is -0.760. The lowest BCUT2D eigenvalue weighted by Gasteiger charge is -2.29. The summed E-state index contributed by atoms with van der Waals surface area (Å²) in [5.41, 5.74) is 0. The lowest BCUT2D eigenvalue weighted by molar-refractivity contribution is -0.870. The summed E-state index contributed by atoms with van der Waals surface area (Å²) in [5.74, 6) is -0.188. The van der Waals surface area contributed by atoms with Gasteiger partial charge in [-0.15, -0.1) is 0 Å². The second-order valence-electron chi connectivity index (χ2n) is 23.5. The number of aliphatic hydroxyl groups is 1. The van der Waals surface area contributed by atoms with E-state index in [1.54, 1.807) is 6.08 Å². The molecule has 0 bridgehead atoms. The van der Waals surface area contributed by atoms with Crippen molar-refractivity contribution in [2.45, 2.75) is 347 Å². The quantitative estimate of drug-likeness (QED) is 0.0272. The van der Waals surface area contributed by atoms with Crippen LogP contribution in [-0.4, -0.2) is 68.5 Å². The summed E-state index contributed by atoms with van der Waals surface area (Å²) in [6.07, 6.45) is 68.8. The number of unbranched alkanes of at least 4 members (excludes halogenated alkanes) is 47. The number of allylic oxidation sites excluding steroid dienone is 1. The first-order chi connectivity index (χ1) is 35.0. The molecule has 0 aromatic carbocycles. The van der Waals surface area contributed by atoms with Crippen LogP contribution in [0.1, 0.15) is 335 Å². The van der Waals surface area contributed by atoms with Gasteiger partial charge in [0.15, 0.2) is 0 Å². The van der Waals surface area contributed by atoms with Crippen LogP contribution in [-0.2, 0) is 18.4 Å². The predicted octanol–water partition coefficient (Wildman–Crippen LogP) is 19.1. The van der Waals surface area contributed by atoms with Gasteiger partial charge >= 0.3 is 0 Å². The highest BCUT2D eigenvalue weighted by atomic mass is 31.2. The zero-order valence-corrected chi connectivity index (χ0v) is 50.1. The molecule has 0 fully saturated rings. The van der Waals surface area contributed by atoms with Crippen LogP contribution in [0.4, 0.5) is 0 Å². The Morgan fingerprint density at radius 1 is 0.472 bits per heavy atom. The molecule has 9 heteroatoms. The third-order valence-corrected chi connectivity index (χ3v) is 16.0. The average Bonchev–Trinajstić information content (AvgIpc) is 3.34. The number of carbonyl (C=O) groups is 1. The second kappa shape index (κ2) is 55.0. The molecule has 8 nitrogen and oxygen atoms in total. The molecule has 3 atom stereocenters. The first-order valence-corrected chi connectivity index (χ1v) is 33.5. The van der Waals surface area contributed by atoms with Crippen molar-refractivity contribution < 1.29 is 32.9 Å². The molecule has 0 radical (unpaired) electrons. The third-order valence-electron chi connectivity index (χ3n) is 15.0. The molecule has 0 aliphatic carbocycles. The number of carbonyl (C=O) groups excluding carboxylic acids is 1. The molecule has 0 rings (SSSR count). The first-order valence-electron chi connectivity index (χ1n) is 32.1. The van der Waals surface area contributed by atoms with E-state index < -0.39 is 20.0 Å². The van der Waals surface area contributed by atoms with E-state index in [0.717, 1.165) is 38.5 Å². The van der Waals surface area contributed by atoms with Gasteiger partial charge in [-0.3, -0.25) is 9.36 Å². The zero-order valence-electron chi connectivity index (χ0n) is 49.2. The Kier molecular flexibility index (Phi) is 54.4. The minimum absolute atomic E-state index is 0.00289. The fourth-order valence-electron chi connectivity index (χ4n) is 9.98. The van der Waals surface area contributed by atoms with Crippen LogP contribution in [0.2, 0.25) is 0 Å². The Labute approximate surface area is 450 Å². The number of hydrogen-bond donors (Lipinski definition) is 2. The summed E-state index contributed by atoms with van der Waals surface area (Å²) in [4.78, 5) is 25.6. The van der Waals surface area contributed by atoms with E-state index in [9.17, 15) is 19.4 Å². The number of amides is 1. The number of quaternary nitrogens is 1. The van der Waals surface area contributed by atoms with Crippen LogP contribution in [0.5, 0.6) is 0 Å². The maximum atomic E-state index is 13.0. The van der Waals surface area contributed by atoms with Crippen LogP contribution in [0.15, 0.2) is 12.2 Å². The number of nitrogens with zero attached hydrogens (tertiary/aromatic N) is 1. The van der Waals surface area contributed by atoms with Gasteiger partial charge in [-0.2, -0.15) is 0 Å². The smallest absolute Gasteiger partial charge is 0.268 e. The Balaban J connectivity index is 4.10. The topological polar surface area (TPSA) is 108 Å². The van der Waals surface area contributed by atoms with Crippen molar-refractivity contribution in [3.8, 4) is 0 Å². The molecule has 0 aromatic rings. The van der Waals surface area contributed by atoms with Crippen molar-refractivity contribution in [1.82, 2.24) is 5.32 Å². The minimum atomic E-state index is -4.60. The van der Waals surface area contributed by atoms with Gasteiger partial charge in [0.25, 0.3) is 7.82 Å². The van der Waals surface area contributed by atoms with Crippen molar-refractivity contribution in [3.05, 3.63) is 12.2 Å². The fourth-order valence-corrected chi connectivity index (χ4v) is 10.7. The number of nitrogens with one attached hydrogen (secondary N) is 1. The number of hydrogen-bond acceptors (Lipinski definition) is 6. The second-order valence-corrected chi connectivity index (χ2v) is 24.9. The average molecular weight is 1040 g/mol. The van der Waals surface area contributed by atoms with E-state index >= 15 is 0 Å². The van der Waals surface area contributed by atoms with Gasteiger partial charge in [0.2, 0.25) is 5.91 Å². The van der Waals surface area contributed by atoms with Crippen molar-refractivity contribution in [3.63, 3.8) is 0 Å². The fraction of sp³-hybridized carbons (Fsp3) is 0.952. The van der Waals surface area contributed by atoms with Crippen molar-refractivity contribution in [2.75, 3.05) is 40.9 Å². The van der Waals surface area contributed by atoms with Crippen LogP contribution in [0.25, 0.3) is 0 Å². The summed E-state index contributed by atoms with van der Waals surface area (Å²) < 4.78 is 23.4. The molecular formula is C63H127N2O6P. The normalized spacial score (nSPS) is 13.8. The summed E-state index contributed by atoms with van der Waals surface area (Å²) in [5, 5.41) is 13.9. The molecular weight excluding hydrogens is 912 g/mol. The number of rotatable bonds is 60. The van der Waals surface area contributed by atoms with Gasteiger partial charge in [-0.1, -0.05) is 321 Å². The van der Waals surface area contributed by atoms with E-state index in [-0.39, 0.29) is 19.1 Å². The molecule has 0 aliphatic heterocycles. The molecule has 2 N–H and O–H groups in total. The molecule has 0 spiro atoms. The molecule has 72 heavy (non-hydrogen) atoms. The predicted molar refractivity (Wildman–Crippen MR) is 312 cm³/mol. The van der Waals surface area contributed by atoms with Crippen molar-refractivity contribution in [1.29, 1.82) is 0 Å². The van der Waals surface area contributed by atoms with Crippen LogP contribution in [0.3, 0.4) is 0 Å². The molecule has 430 valence electrons. The molecule has 0 saturated carbocycles. The van der Waals surface area contributed by atoms with Crippen molar-refractivity contribution >= 4 is 13.7 Å². The van der Waals surface area contributed by atoms with Gasteiger partial charge < -0.3 is 28.8 Å². The Morgan fingerprint density at radius 3 is 1.04 bits per heavy atom. The minimum Gasteiger partial charge on any atom is -0.756 e. The van der Waals surface area contributed by atoms with E-state index in [2.05, 4.69) is 19.2 Å². The highest BCUT2D eigenvalue weighted by Gasteiger charge is 2.23. The molecule has 0 aliphatic rings. The van der Waals surface area contributed by atoms with Gasteiger partial charge in [0.1, 0.15) is 13.2 Å². The van der Waals surface area contributed by atoms with Gasteiger partial charge in [-0.25, -0.2) is 0 Å². The van der Waals surface area contributed by atoms with E-state index in [4.69, 9.17) is 9.05 Å². The highest BCUT2D eigenvalue weighted by Crippen LogP contribution is 2.38. The zero-order chi connectivity index (χ0) is 52.7. The van der Waals surface area contributed by atoms with Gasteiger partial charge in [-0.05, 0) is 19.3 Å². The lowest BCUT2D eigenvalue weighted by Crippen LogP contribution is -2.45. The molecule has 0 saturated heterocycles. The molecule has 0 aromatic heterocycles. The van der Waals surface area contributed by atoms with E-state index in [1.165, 1.54) is 276 Å². The summed E-state index contributed by atoms with van der Waals surface area (Å²) >= 11 is 0. The first kappa shape index (κ1) is 71.2. The summed E-state index contributed by atoms with van der Waals surface area (Å²) in [7, 11) is 1.28. The number of phosphoric acid groups is 1. The van der Waals surface area contributed by atoms with Crippen LogP contribution in [0, 0.1) is 0 Å². The van der Waals surface area contributed by atoms with Crippen molar-refractivity contribution in [2.24, 2.45) is 0 Å². The highest BCUT2D eigenvalue weighted by molar-refractivity contribution is 7.45. The summed E-state index contributed by atoms with van der Waals surface area (Å²) in [6, 6.07) is -0.883. The third kappa shape index (κ3) is 57.0. The number of aliphatic hydroxyl groups excluding tert-OH is 1. The summed E-state index contributed by atoms with van der Waals surface area (Å²) in [6.45, 7) is 4.72. The van der Waals surface area contributed by atoms with E-state index in [0.29, 0.717) is 17.4 Å². The Bertz CT molecular complexity index is 1180. The standard InChI is InChI=1S/C63H127N2O6P/c1-6-8-10-12-14-16-18-20-22-24-26-28-30-32-33-34-36-38-40-42-44-46-48-50-52-54-56-62(66)61(60-71-72(68,69)70-59-58-65(3,4)5)64-63(67)57-55-53-51-49-47-45-43-41-39-37-35-31-29-27-25-23-21-19-17-15-13-11-9-7-2/h54,56,61-62,66H,6-53,55,57-60H2,1-5H3,(H-,64,67,68,69)/b56-54+. The van der Waals surface area contributed by atoms with Gasteiger partial charge in [0.05, 0.1) is 39.9 Å².